The fourth-order valence-corrected chi connectivity index (χ4v) is 1.68. The number of rotatable bonds is 4. The molecule has 13 heavy (non-hydrogen) atoms. The van der Waals surface area contributed by atoms with E-state index >= 15 is 0 Å². The molecule has 1 amide bonds. The highest BCUT2D eigenvalue weighted by Crippen LogP contribution is 2.08. The zero-order valence-corrected chi connectivity index (χ0v) is 8.78. The van der Waals surface area contributed by atoms with Gasteiger partial charge in [-0.15, -0.1) is 0 Å². The number of hydrogen-bond donors (Lipinski definition) is 1. The molecule has 0 aliphatic heterocycles. The predicted molar refractivity (Wildman–Crippen MR) is 54.1 cm³/mol. The van der Waals surface area contributed by atoms with Gasteiger partial charge in [0.15, 0.2) is 0 Å². The molecule has 1 heterocycles. The predicted octanol–water partition coefficient (Wildman–Crippen LogP) is 1.98. The fraction of sp³-hybridized carbons (Fsp3) is 0.556. The summed E-state index contributed by atoms with van der Waals surface area (Å²) in [5.74, 6) is -0.000278. The average Bonchev–Trinajstić information content (AvgIpc) is 2.52. The van der Waals surface area contributed by atoms with Crippen molar-refractivity contribution in [1.82, 2.24) is 9.69 Å². The third kappa shape index (κ3) is 2.81. The van der Waals surface area contributed by atoms with E-state index in [4.69, 9.17) is 0 Å². The number of nitrogens with zero attached hydrogens (tertiary/aromatic N) is 1. The fourth-order valence-electron chi connectivity index (χ4n) is 0.984. The minimum Gasteiger partial charge on any atom is -0.352 e. The molecule has 3 nitrogen and oxygen atoms in total. The average molecular weight is 198 g/mol. The molecule has 0 radical (unpaired) electrons. The molecule has 0 spiro atoms. The van der Waals surface area contributed by atoms with E-state index in [1.165, 1.54) is 11.5 Å². The van der Waals surface area contributed by atoms with Crippen LogP contribution in [0.25, 0.3) is 0 Å². The van der Waals surface area contributed by atoms with E-state index < -0.39 is 0 Å². The molecule has 0 saturated carbocycles. The molecule has 0 saturated heterocycles. The minimum absolute atomic E-state index is 0.000278. The number of nitrogens with one attached hydrogen (secondary N) is 1. The van der Waals surface area contributed by atoms with Gasteiger partial charge in [-0.25, -0.2) is 0 Å². The quantitative estimate of drug-likeness (QED) is 0.752. The summed E-state index contributed by atoms with van der Waals surface area (Å²) in [6, 6.07) is 0. The Labute approximate surface area is 82.3 Å². The minimum atomic E-state index is -0.000278. The third-order valence-electron chi connectivity index (χ3n) is 1.81. The van der Waals surface area contributed by atoms with Crippen LogP contribution in [0.2, 0.25) is 0 Å². The standard InChI is InChI=1S/C9H14N2OS/c1-3-4-5-10-9(12)8-6-13-11-7(8)2/h6H,3-5H2,1-2H3,(H,10,12). The van der Waals surface area contributed by atoms with Crippen molar-refractivity contribution in [1.29, 1.82) is 0 Å². The summed E-state index contributed by atoms with van der Waals surface area (Å²) in [7, 11) is 0. The molecule has 0 bridgehead atoms. The summed E-state index contributed by atoms with van der Waals surface area (Å²) in [4.78, 5) is 11.5. The largest absolute Gasteiger partial charge is 0.352 e. The van der Waals surface area contributed by atoms with E-state index in [0.717, 1.165) is 25.1 Å². The lowest BCUT2D eigenvalue weighted by molar-refractivity contribution is 0.0953. The maximum Gasteiger partial charge on any atom is 0.254 e. The second-order valence-corrected chi connectivity index (χ2v) is 3.55. The summed E-state index contributed by atoms with van der Waals surface area (Å²) >= 11 is 1.32. The number of amides is 1. The third-order valence-corrected chi connectivity index (χ3v) is 2.53. The van der Waals surface area contributed by atoms with Gasteiger partial charge in [0.25, 0.3) is 5.91 Å². The van der Waals surface area contributed by atoms with Gasteiger partial charge in [-0.2, -0.15) is 4.37 Å². The Hall–Kier alpha value is -0.900. The van der Waals surface area contributed by atoms with Gasteiger partial charge in [0, 0.05) is 11.9 Å². The van der Waals surface area contributed by atoms with Crippen LogP contribution in [0.1, 0.15) is 35.8 Å². The van der Waals surface area contributed by atoms with Crippen LogP contribution in [0.4, 0.5) is 0 Å². The van der Waals surface area contributed by atoms with Gasteiger partial charge in [-0.05, 0) is 24.9 Å². The van der Waals surface area contributed by atoms with E-state index in [1.54, 1.807) is 5.38 Å². The Balaban J connectivity index is 2.45. The van der Waals surface area contributed by atoms with E-state index in [0.29, 0.717) is 5.56 Å². The molecule has 0 fully saturated rings. The number of hydrogen-bond acceptors (Lipinski definition) is 3. The van der Waals surface area contributed by atoms with Crippen LogP contribution in [0.3, 0.4) is 0 Å². The number of aryl methyl sites for hydroxylation is 1. The maximum absolute atomic E-state index is 11.5. The van der Waals surface area contributed by atoms with E-state index in [2.05, 4.69) is 16.6 Å². The summed E-state index contributed by atoms with van der Waals surface area (Å²) in [6.07, 6.45) is 2.13. The molecule has 0 aromatic carbocycles. The van der Waals surface area contributed by atoms with Crippen LogP contribution in [0.5, 0.6) is 0 Å². The highest BCUT2D eigenvalue weighted by molar-refractivity contribution is 7.03. The summed E-state index contributed by atoms with van der Waals surface area (Å²) < 4.78 is 4.05. The Morgan fingerprint density at radius 1 is 1.69 bits per heavy atom. The van der Waals surface area contributed by atoms with E-state index in [-0.39, 0.29) is 5.91 Å². The highest BCUT2D eigenvalue weighted by atomic mass is 32.1. The number of carbonyl (C=O) groups excluding carboxylic acids is 1. The van der Waals surface area contributed by atoms with Gasteiger partial charge in [-0.3, -0.25) is 4.79 Å². The molecular formula is C9H14N2OS. The lowest BCUT2D eigenvalue weighted by atomic mass is 10.2. The van der Waals surface area contributed by atoms with Crippen molar-refractivity contribution in [3.05, 3.63) is 16.6 Å². The zero-order chi connectivity index (χ0) is 9.68. The molecule has 0 atom stereocenters. The van der Waals surface area contributed by atoms with Crippen molar-refractivity contribution in [2.24, 2.45) is 0 Å². The van der Waals surface area contributed by atoms with Gasteiger partial charge in [0.2, 0.25) is 0 Å². The van der Waals surface area contributed by atoms with Gasteiger partial charge in [-0.1, -0.05) is 13.3 Å². The first kappa shape index (κ1) is 10.2. The number of carbonyl (C=O) groups is 1. The molecule has 1 aromatic rings. The van der Waals surface area contributed by atoms with Crippen LogP contribution < -0.4 is 5.32 Å². The van der Waals surface area contributed by atoms with Gasteiger partial charge in [0.1, 0.15) is 0 Å². The number of aromatic nitrogens is 1. The van der Waals surface area contributed by atoms with Crippen molar-refractivity contribution in [3.8, 4) is 0 Å². The van der Waals surface area contributed by atoms with Crippen LogP contribution in [0.15, 0.2) is 5.38 Å². The lowest BCUT2D eigenvalue weighted by Gasteiger charge is -2.01. The summed E-state index contributed by atoms with van der Waals surface area (Å²) in [5.41, 5.74) is 1.53. The Morgan fingerprint density at radius 3 is 3.00 bits per heavy atom. The zero-order valence-electron chi connectivity index (χ0n) is 7.96. The molecule has 1 rings (SSSR count). The SMILES string of the molecule is CCCCNC(=O)c1csnc1C. The summed E-state index contributed by atoms with van der Waals surface area (Å²) in [5, 5.41) is 4.64. The number of unbranched alkanes of at least 4 members (excludes halogenated alkanes) is 1. The van der Waals surface area contributed by atoms with Crippen LogP contribution in [0, 0.1) is 6.92 Å². The van der Waals surface area contributed by atoms with Gasteiger partial charge < -0.3 is 5.32 Å². The van der Waals surface area contributed by atoms with Gasteiger partial charge >= 0.3 is 0 Å². The normalized spacial score (nSPS) is 10.0. The van der Waals surface area contributed by atoms with Crippen molar-refractivity contribution >= 4 is 17.4 Å². The molecule has 0 aliphatic rings. The first-order valence-electron chi connectivity index (χ1n) is 4.45. The van der Waals surface area contributed by atoms with Crippen molar-refractivity contribution in [2.75, 3.05) is 6.54 Å². The second kappa shape index (κ2) is 4.97. The molecule has 72 valence electrons. The molecule has 1 aromatic heterocycles. The second-order valence-electron chi connectivity index (χ2n) is 2.92. The van der Waals surface area contributed by atoms with Crippen LogP contribution >= 0.6 is 11.5 Å². The smallest absolute Gasteiger partial charge is 0.254 e. The Kier molecular flexibility index (Phi) is 3.89. The molecule has 0 unspecified atom stereocenters. The molecule has 0 aliphatic carbocycles. The lowest BCUT2D eigenvalue weighted by Crippen LogP contribution is -2.24. The first-order valence-corrected chi connectivity index (χ1v) is 5.28. The van der Waals surface area contributed by atoms with Crippen molar-refractivity contribution in [2.45, 2.75) is 26.7 Å². The molecule has 4 heteroatoms. The van der Waals surface area contributed by atoms with Crippen LogP contribution in [-0.2, 0) is 0 Å². The molecule has 1 N–H and O–H groups in total. The van der Waals surface area contributed by atoms with E-state index in [1.807, 2.05) is 6.92 Å². The first-order chi connectivity index (χ1) is 6.25. The topological polar surface area (TPSA) is 42.0 Å². The highest BCUT2D eigenvalue weighted by Gasteiger charge is 2.09. The molecular weight excluding hydrogens is 184 g/mol. The monoisotopic (exact) mass is 198 g/mol. The maximum atomic E-state index is 11.5. The van der Waals surface area contributed by atoms with Crippen LogP contribution in [-0.4, -0.2) is 16.8 Å². The Morgan fingerprint density at radius 2 is 2.46 bits per heavy atom. The van der Waals surface area contributed by atoms with Crippen molar-refractivity contribution < 1.29 is 4.79 Å². The Bertz CT molecular complexity index is 283. The van der Waals surface area contributed by atoms with Crippen molar-refractivity contribution in [3.63, 3.8) is 0 Å². The summed E-state index contributed by atoms with van der Waals surface area (Å²) in [6.45, 7) is 4.71. The van der Waals surface area contributed by atoms with E-state index in [9.17, 15) is 4.79 Å². The van der Waals surface area contributed by atoms with Gasteiger partial charge in [0.05, 0.1) is 11.3 Å².